The van der Waals surface area contributed by atoms with E-state index in [1.165, 1.54) is 0 Å². The average Bonchev–Trinajstić information content (AvgIpc) is 3.12. The van der Waals surface area contributed by atoms with Crippen molar-refractivity contribution < 1.29 is 96.5 Å². The van der Waals surface area contributed by atoms with Crippen LogP contribution in [0.2, 0.25) is 0 Å². The largest absolute Gasteiger partial charge is 0.455 e. The average molecular weight is 921 g/mol. The van der Waals surface area contributed by atoms with Gasteiger partial charge in [0.1, 0.15) is 22.0 Å². The van der Waals surface area contributed by atoms with E-state index in [0.29, 0.717) is 24.3 Å². The van der Waals surface area contributed by atoms with E-state index in [4.69, 9.17) is 9.47 Å². The predicted molar refractivity (Wildman–Crippen MR) is 185 cm³/mol. The van der Waals surface area contributed by atoms with Crippen LogP contribution in [0.3, 0.4) is 0 Å². The number of halogens is 8. The lowest BCUT2D eigenvalue weighted by atomic mass is 9.81. The molecule has 2 aliphatic rings. The molecule has 3 unspecified atom stereocenters. The van der Waals surface area contributed by atoms with Gasteiger partial charge in [0.05, 0.1) is 20.9 Å². The van der Waals surface area contributed by atoms with Crippen LogP contribution >= 0.6 is 0 Å². The SMILES string of the molecule is CC1C2=CC(S(=O)(=O)O)CC(Oc3c(F)c(F)c(-c4c(F)c(F)c(Oc5cc(S(=O)(=O)O)cc6cc(S(=O)(=O)O)ccc56)c(F)c4F)c(F)c3F)=C2C=CC1S(=O)(=O)O. The van der Waals surface area contributed by atoms with E-state index in [2.05, 4.69) is 0 Å². The lowest BCUT2D eigenvalue weighted by Gasteiger charge is -2.32. The van der Waals surface area contributed by atoms with E-state index in [1.807, 2.05) is 0 Å². The zero-order chi connectivity index (χ0) is 44.1. The van der Waals surface area contributed by atoms with Crippen molar-refractivity contribution >= 4 is 51.2 Å². The number of hydrogen-bond acceptors (Lipinski definition) is 10. The fourth-order valence-corrected chi connectivity index (χ4v) is 8.99. The molecule has 26 heteroatoms. The van der Waals surface area contributed by atoms with Crippen LogP contribution in [0, 0.1) is 52.5 Å². The molecular formula is C33H20F8O14S4. The van der Waals surface area contributed by atoms with Gasteiger partial charge in [0.15, 0.2) is 23.3 Å². The maximum absolute atomic E-state index is 15.6. The zero-order valence-electron chi connectivity index (χ0n) is 28.6. The number of hydrogen-bond donors (Lipinski definition) is 4. The number of ether oxygens (including phenoxy) is 2. The number of rotatable bonds is 9. The smallest absolute Gasteiger partial charge is 0.294 e. The highest BCUT2D eigenvalue weighted by molar-refractivity contribution is 7.87. The van der Waals surface area contributed by atoms with Gasteiger partial charge in [-0.15, -0.1) is 0 Å². The van der Waals surface area contributed by atoms with Gasteiger partial charge >= 0.3 is 0 Å². The van der Waals surface area contributed by atoms with Crippen molar-refractivity contribution in [2.45, 2.75) is 33.6 Å². The van der Waals surface area contributed by atoms with Gasteiger partial charge in [-0.2, -0.15) is 51.2 Å². The van der Waals surface area contributed by atoms with Gasteiger partial charge in [-0.25, -0.2) is 17.6 Å². The van der Waals surface area contributed by atoms with Gasteiger partial charge < -0.3 is 9.47 Å². The molecule has 4 aromatic carbocycles. The molecule has 2 aliphatic carbocycles. The third kappa shape index (κ3) is 7.81. The lowest BCUT2D eigenvalue weighted by molar-refractivity contribution is 0.324. The monoisotopic (exact) mass is 920 g/mol. The van der Waals surface area contributed by atoms with Crippen molar-refractivity contribution in [1.29, 1.82) is 0 Å². The van der Waals surface area contributed by atoms with Crippen LogP contribution in [-0.4, -0.2) is 62.4 Å². The van der Waals surface area contributed by atoms with Crippen LogP contribution in [0.25, 0.3) is 21.9 Å². The van der Waals surface area contributed by atoms with Crippen LogP contribution in [0.15, 0.2) is 75.3 Å². The first-order chi connectivity index (χ1) is 27.0. The molecule has 6 rings (SSSR count). The van der Waals surface area contributed by atoms with Crippen LogP contribution in [0.1, 0.15) is 13.3 Å². The van der Waals surface area contributed by atoms with E-state index in [1.54, 1.807) is 0 Å². The third-order valence-corrected chi connectivity index (χ3v) is 13.1. The molecule has 3 atom stereocenters. The fourth-order valence-electron chi connectivity index (χ4n) is 6.32. The summed E-state index contributed by atoms with van der Waals surface area (Å²) in [7, 11) is -20.2. The molecule has 0 bridgehead atoms. The molecule has 4 N–H and O–H groups in total. The molecule has 14 nitrogen and oxygen atoms in total. The van der Waals surface area contributed by atoms with Crippen molar-refractivity contribution in [1.82, 2.24) is 0 Å². The van der Waals surface area contributed by atoms with E-state index in [9.17, 15) is 51.9 Å². The van der Waals surface area contributed by atoms with E-state index < -0.39 is 165 Å². The predicted octanol–water partition coefficient (Wildman–Crippen LogP) is 6.59. The molecule has 0 spiro atoms. The Hall–Kier alpha value is -4.96. The molecule has 0 radical (unpaired) electrons. The molecule has 0 fully saturated rings. The summed E-state index contributed by atoms with van der Waals surface area (Å²) in [5.41, 5.74) is -5.48. The molecule has 0 saturated heterocycles. The highest BCUT2D eigenvalue weighted by atomic mass is 32.2. The Morgan fingerprint density at radius 1 is 0.610 bits per heavy atom. The van der Waals surface area contributed by atoms with Crippen molar-refractivity contribution in [2.75, 3.05) is 0 Å². The summed E-state index contributed by atoms with van der Waals surface area (Å²) in [5, 5.41) is -4.79. The third-order valence-electron chi connectivity index (χ3n) is 9.11. The van der Waals surface area contributed by atoms with Crippen LogP contribution in [0.5, 0.6) is 17.2 Å². The van der Waals surface area contributed by atoms with E-state index >= 15 is 35.1 Å². The summed E-state index contributed by atoms with van der Waals surface area (Å²) >= 11 is 0. The second-order valence-corrected chi connectivity index (χ2v) is 18.8. The Kier molecular flexibility index (Phi) is 10.8. The Balaban J connectivity index is 1.48. The zero-order valence-corrected chi connectivity index (χ0v) is 31.9. The Morgan fingerprint density at radius 3 is 1.54 bits per heavy atom. The Bertz CT molecular complexity index is 3030. The summed E-state index contributed by atoms with van der Waals surface area (Å²) in [6.45, 7) is 1.14. The van der Waals surface area contributed by atoms with Crippen molar-refractivity contribution in [3.8, 4) is 28.4 Å². The summed E-state index contributed by atoms with van der Waals surface area (Å²) in [6.07, 6.45) is 1.50. The van der Waals surface area contributed by atoms with Gasteiger partial charge in [-0.3, -0.25) is 18.2 Å². The lowest BCUT2D eigenvalue weighted by Crippen LogP contribution is -2.34. The van der Waals surface area contributed by atoms with Crippen molar-refractivity contribution in [3.05, 3.63) is 112 Å². The summed E-state index contributed by atoms with van der Waals surface area (Å²) in [4.78, 5) is -2.04. The van der Waals surface area contributed by atoms with Gasteiger partial charge in [-0.1, -0.05) is 25.2 Å². The fraction of sp³-hybridized carbons (Fsp3) is 0.152. The van der Waals surface area contributed by atoms with Crippen LogP contribution < -0.4 is 9.47 Å². The molecule has 4 aromatic rings. The topological polar surface area (TPSA) is 236 Å². The first-order valence-electron chi connectivity index (χ1n) is 15.7. The maximum Gasteiger partial charge on any atom is 0.294 e. The second kappa shape index (κ2) is 14.6. The Morgan fingerprint density at radius 2 is 1.08 bits per heavy atom. The molecule has 0 heterocycles. The standard InChI is InChI=1S/C33H20F8O14S4/c1-11-18-8-15(58(48,49)50)10-20(17(18)4-5-21(11)59(51,52)53)55-33-30(40)26(36)23(27(37)31(33)41)22-24(34)28(38)32(29(39)25(22)35)54-19-9-14(57(45,46)47)7-12-6-13(56(42,43)44)2-3-16(12)19/h2-9,11,15,21H,10H2,1H3,(H,42,43,44)(H,45,46,47)(H,48,49,50)(H,51,52,53). The second-order valence-electron chi connectivity index (χ2n) is 12.7. The molecule has 0 amide bonds. The number of allylic oxidation sites excluding steroid dienone is 4. The van der Waals surface area contributed by atoms with Crippen LogP contribution in [-0.2, 0) is 40.5 Å². The normalized spacial score (nSPS) is 18.9. The number of benzene rings is 4. The number of fused-ring (bicyclic) bond motifs is 2. The molecule has 59 heavy (non-hydrogen) atoms. The first-order valence-corrected chi connectivity index (χ1v) is 21.6. The highest BCUT2D eigenvalue weighted by Gasteiger charge is 2.41. The minimum Gasteiger partial charge on any atom is -0.455 e. The van der Waals surface area contributed by atoms with Crippen molar-refractivity contribution in [2.24, 2.45) is 5.92 Å². The van der Waals surface area contributed by atoms with Crippen molar-refractivity contribution in [3.63, 3.8) is 0 Å². The van der Waals surface area contributed by atoms with E-state index in [-0.39, 0.29) is 11.1 Å². The minimum atomic E-state index is -5.26. The Labute approximate surface area is 326 Å². The van der Waals surface area contributed by atoms with Gasteiger partial charge in [0.2, 0.25) is 34.8 Å². The minimum absolute atomic E-state index is 0.310. The first kappa shape index (κ1) is 43.6. The van der Waals surface area contributed by atoms with Gasteiger partial charge in [0.25, 0.3) is 40.5 Å². The van der Waals surface area contributed by atoms with Crippen LogP contribution in [0.4, 0.5) is 35.1 Å². The molecule has 0 saturated carbocycles. The maximum atomic E-state index is 15.6. The summed E-state index contributed by atoms with van der Waals surface area (Å²) in [5.74, 6) is -29.1. The summed E-state index contributed by atoms with van der Waals surface area (Å²) < 4.78 is 268. The highest BCUT2D eigenvalue weighted by Crippen LogP contribution is 2.46. The van der Waals surface area contributed by atoms with Gasteiger partial charge in [0, 0.05) is 29.4 Å². The quantitative estimate of drug-likeness (QED) is 0.0788. The molecule has 316 valence electrons. The van der Waals surface area contributed by atoms with Gasteiger partial charge in [-0.05, 0) is 35.2 Å². The summed E-state index contributed by atoms with van der Waals surface area (Å²) in [6, 6.07) is 2.93. The molecule has 0 aromatic heterocycles. The van der Waals surface area contributed by atoms with E-state index in [0.717, 1.165) is 31.2 Å². The molecular weight excluding hydrogens is 901 g/mol. The molecule has 0 aliphatic heterocycles.